The van der Waals surface area contributed by atoms with Crippen LogP contribution in [0.2, 0.25) is 5.02 Å². The van der Waals surface area contributed by atoms with Gasteiger partial charge in [-0.1, -0.05) is 35.9 Å². The molecule has 0 fully saturated rings. The first kappa shape index (κ1) is 21.1. The number of carbonyl (C=O) groups is 1. The van der Waals surface area contributed by atoms with Gasteiger partial charge in [0.05, 0.1) is 25.1 Å². The Morgan fingerprint density at radius 2 is 1.93 bits per heavy atom. The summed E-state index contributed by atoms with van der Waals surface area (Å²) < 4.78 is 30.7. The maximum atomic E-state index is 12.5. The monoisotopic (exact) mass is 410 g/mol. The second-order valence-corrected chi connectivity index (χ2v) is 8.55. The number of ether oxygens (including phenoxy) is 1. The van der Waals surface area contributed by atoms with Crippen molar-refractivity contribution in [3.8, 4) is 5.75 Å². The number of carbonyl (C=O) groups excluding carboxylic acids is 1. The molecular weight excluding hydrogens is 388 g/mol. The van der Waals surface area contributed by atoms with E-state index in [1.807, 2.05) is 32.0 Å². The maximum Gasteiger partial charge on any atom is 0.241 e. The molecule has 0 saturated heterocycles. The topological polar surface area (TPSA) is 75.7 Å². The minimum Gasteiger partial charge on any atom is -0.496 e. The molecule has 0 aromatic heterocycles. The number of halogens is 1. The zero-order valence-electron chi connectivity index (χ0n) is 15.7. The number of amides is 1. The molecule has 0 unspecified atom stereocenters. The van der Waals surface area contributed by atoms with E-state index >= 15 is 0 Å². The number of nitrogens with one attached hydrogen (secondary N) is 1. The molecule has 8 heteroatoms. The minimum absolute atomic E-state index is 0.341. The molecule has 1 amide bonds. The number of anilines is 1. The van der Waals surface area contributed by atoms with Crippen molar-refractivity contribution < 1.29 is 17.9 Å². The lowest BCUT2D eigenvalue weighted by atomic mass is 10.1. The molecular formula is C19H23ClN2O4S. The third-order valence-electron chi connectivity index (χ3n) is 4.11. The van der Waals surface area contributed by atoms with Gasteiger partial charge in [-0.2, -0.15) is 0 Å². The number of rotatable bonds is 7. The highest BCUT2D eigenvalue weighted by Gasteiger charge is 2.23. The summed E-state index contributed by atoms with van der Waals surface area (Å²) in [4.78, 5) is 12.5. The van der Waals surface area contributed by atoms with Crippen molar-refractivity contribution >= 4 is 33.2 Å². The van der Waals surface area contributed by atoms with E-state index < -0.39 is 15.9 Å². The van der Waals surface area contributed by atoms with Gasteiger partial charge in [0.1, 0.15) is 12.3 Å². The van der Waals surface area contributed by atoms with E-state index in [0.717, 1.165) is 21.7 Å². The predicted octanol–water partition coefficient (Wildman–Crippen LogP) is 3.30. The SMILES string of the molecule is COc1ccccc1[C@@H](C)NC(=O)CN(c1ccc(C)c(Cl)c1)S(C)(=O)=O. The highest BCUT2D eigenvalue weighted by atomic mass is 35.5. The zero-order chi connectivity index (χ0) is 20.2. The molecule has 27 heavy (non-hydrogen) atoms. The van der Waals surface area contributed by atoms with Crippen molar-refractivity contribution in [2.75, 3.05) is 24.2 Å². The van der Waals surface area contributed by atoms with Gasteiger partial charge in [-0.3, -0.25) is 9.10 Å². The Labute approximate surface area is 165 Å². The van der Waals surface area contributed by atoms with Crippen molar-refractivity contribution in [2.45, 2.75) is 19.9 Å². The van der Waals surface area contributed by atoms with Crippen LogP contribution in [0.4, 0.5) is 5.69 Å². The van der Waals surface area contributed by atoms with E-state index in [0.29, 0.717) is 16.5 Å². The normalized spacial score (nSPS) is 12.3. The van der Waals surface area contributed by atoms with Crippen molar-refractivity contribution in [1.29, 1.82) is 0 Å². The van der Waals surface area contributed by atoms with Crippen LogP contribution in [0.5, 0.6) is 5.75 Å². The van der Waals surface area contributed by atoms with Gasteiger partial charge in [0.15, 0.2) is 0 Å². The van der Waals surface area contributed by atoms with Crippen LogP contribution in [0, 0.1) is 6.92 Å². The number of sulfonamides is 1. The average Bonchev–Trinajstić information content (AvgIpc) is 2.61. The van der Waals surface area contributed by atoms with Crippen LogP contribution in [-0.2, 0) is 14.8 Å². The Hall–Kier alpha value is -2.25. The fourth-order valence-electron chi connectivity index (χ4n) is 2.66. The molecule has 0 saturated carbocycles. The van der Waals surface area contributed by atoms with Gasteiger partial charge in [0.2, 0.25) is 15.9 Å². The van der Waals surface area contributed by atoms with Gasteiger partial charge >= 0.3 is 0 Å². The summed E-state index contributed by atoms with van der Waals surface area (Å²) in [6, 6.07) is 11.9. The van der Waals surface area contributed by atoms with Gasteiger partial charge in [-0.15, -0.1) is 0 Å². The van der Waals surface area contributed by atoms with E-state index in [-0.39, 0.29) is 12.6 Å². The fourth-order valence-corrected chi connectivity index (χ4v) is 3.68. The Kier molecular flexibility index (Phi) is 6.73. The zero-order valence-corrected chi connectivity index (χ0v) is 17.3. The summed E-state index contributed by atoms with van der Waals surface area (Å²) in [5, 5.41) is 3.25. The first-order valence-electron chi connectivity index (χ1n) is 8.29. The Morgan fingerprint density at radius 1 is 1.26 bits per heavy atom. The van der Waals surface area contributed by atoms with Crippen LogP contribution in [0.15, 0.2) is 42.5 Å². The third-order valence-corrected chi connectivity index (χ3v) is 5.66. The minimum atomic E-state index is -3.67. The highest BCUT2D eigenvalue weighted by molar-refractivity contribution is 7.92. The van der Waals surface area contributed by atoms with Crippen LogP contribution >= 0.6 is 11.6 Å². The van der Waals surface area contributed by atoms with Gasteiger partial charge in [-0.05, 0) is 37.6 Å². The van der Waals surface area contributed by atoms with Crippen LogP contribution in [0.1, 0.15) is 24.1 Å². The average molecular weight is 411 g/mol. The van der Waals surface area contributed by atoms with Crippen molar-refractivity contribution in [3.05, 3.63) is 58.6 Å². The molecule has 6 nitrogen and oxygen atoms in total. The number of para-hydroxylation sites is 1. The lowest BCUT2D eigenvalue weighted by Crippen LogP contribution is -2.41. The van der Waals surface area contributed by atoms with Crippen molar-refractivity contribution in [1.82, 2.24) is 5.32 Å². The second kappa shape index (κ2) is 8.63. The Morgan fingerprint density at radius 3 is 2.52 bits per heavy atom. The molecule has 2 aromatic rings. The number of benzene rings is 2. The Balaban J connectivity index is 2.20. The van der Waals surface area contributed by atoms with Crippen molar-refractivity contribution in [3.63, 3.8) is 0 Å². The van der Waals surface area contributed by atoms with E-state index in [9.17, 15) is 13.2 Å². The molecule has 2 rings (SSSR count). The van der Waals surface area contributed by atoms with E-state index in [1.165, 1.54) is 6.07 Å². The number of nitrogens with zero attached hydrogens (tertiary/aromatic N) is 1. The van der Waals surface area contributed by atoms with Crippen LogP contribution in [0.3, 0.4) is 0 Å². The highest BCUT2D eigenvalue weighted by Crippen LogP contribution is 2.26. The maximum absolute atomic E-state index is 12.5. The molecule has 0 heterocycles. The standard InChI is InChI=1S/C19H23ClN2O4S/c1-13-9-10-15(11-17(13)20)22(27(4,24)25)12-19(23)21-14(2)16-7-5-6-8-18(16)26-3/h5-11,14H,12H2,1-4H3,(H,21,23)/t14-/m1/s1. The smallest absolute Gasteiger partial charge is 0.241 e. The first-order valence-corrected chi connectivity index (χ1v) is 10.5. The van der Waals surface area contributed by atoms with Crippen LogP contribution in [0.25, 0.3) is 0 Å². The molecule has 146 valence electrons. The molecule has 0 radical (unpaired) electrons. The van der Waals surface area contributed by atoms with Crippen LogP contribution in [-0.4, -0.2) is 34.2 Å². The summed E-state index contributed by atoms with van der Waals surface area (Å²) in [6.07, 6.45) is 1.05. The summed E-state index contributed by atoms with van der Waals surface area (Å²) in [7, 11) is -2.11. The molecule has 0 aliphatic carbocycles. The summed E-state index contributed by atoms with van der Waals surface area (Å²) in [6.45, 7) is 3.28. The largest absolute Gasteiger partial charge is 0.496 e. The van der Waals surface area contributed by atoms with Gasteiger partial charge in [-0.25, -0.2) is 8.42 Å². The number of methoxy groups -OCH3 is 1. The molecule has 1 N–H and O–H groups in total. The second-order valence-electron chi connectivity index (χ2n) is 6.23. The van der Waals surface area contributed by atoms with Gasteiger partial charge in [0.25, 0.3) is 0 Å². The molecule has 0 bridgehead atoms. The summed E-state index contributed by atoms with van der Waals surface area (Å²) in [5.41, 5.74) is 1.97. The van der Waals surface area contributed by atoms with Gasteiger partial charge < -0.3 is 10.1 Å². The number of hydrogen-bond donors (Lipinski definition) is 1. The first-order chi connectivity index (χ1) is 12.6. The van der Waals surface area contributed by atoms with Gasteiger partial charge in [0, 0.05) is 10.6 Å². The quantitative estimate of drug-likeness (QED) is 0.759. The lowest BCUT2D eigenvalue weighted by Gasteiger charge is -2.24. The number of aryl methyl sites for hydroxylation is 1. The summed E-state index contributed by atoms with van der Waals surface area (Å²) >= 11 is 6.11. The van der Waals surface area contributed by atoms with E-state index in [4.69, 9.17) is 16.3 Å². The summed E-state index contributed by atoms with van der Waals surface area (Å²) in [5.74, 6) is 0.214. The number of hydrogen-bond acceptors (Lipinski definition) is 4. The molecule has 0 aliphatic rings. The Bertz CT molecular complexity index is 931. The van der Waals surface area contributed by atoms with E-state index in [2.05, 4.69) is 5.32 Å². The molecule has 2 aromatic carbocycles. The van der Waals surface area contributed by atoms with Crippen molar-refractivity contribution in [2.24, 2.45) is 0 Å². The lowest BCUT2D eigenvalue weighted by molar-refractivity contribution is -0.120. The fraction of sp³-hybridized carbons (Fsp3) is 0.316. The van der Waals surface area contributed by atoms with Crippen LogP contribution < -0.4 is 14.4 Å². The molecule has 0 spiro atoms. The predicted molar refractivity (Wildman–Crippen MR) is 108 cm³/mol. The molecule has 1 atom stereocenters. The third kappa shape index (κ3) is 5.37. The molecule has 0 aliphatic heterocycles. The van der Waals surface area contributed by atoms with E-state index in [1.54, 1.807) is 25.3 Å².